The highest BCUT2D eigenvalue weighted by molar-refractivity contribution is 6.36. The summed E-state index contributed by atoms with van der Waals surface area (Å²) in [6.45, 7) is 2.73. The molecule has 4 rings (SSSR count). The van der Waals surface area contributed by atoms with Gasteiger partial charge in [-0.15, -0.1) is 5.10 Å². The van der Waals surface area contributed by atoms with Crippen molar-refractivity contribution in [2.45, 2.75) is 19.4 Å². The number of carboxylic acid groups (broad SMARTS) is 1. The minimum Gasteiger partial charge on any atom is -0.465 e. The van der Waals surface area contributed by atoms with E-state index < -0.39 is 12.1 Å². The molecule has 1 aliphatic heterocycles. The molecule has 3 N–H and O–H groups in total. The summed E-state index contributed by atoms with van der Waals surface area (Å²) >= 11 is 6.70. The quantitative estimate of drug-likeness (QED) is 0.445. The maximum atomic E-state index is 12.7. The van der Waals surface area contributed by atoms with Gasteiger partial charge in [0.25, 0.3) is 0 Å². The minimum absolute atomic E-state index is 0.0656. The number of hydrogen-bond donors (Lipinski definition) is 3. The first kappa shape index (κ1) is 24.5. The van der Waals surface area contributed by atoms with E-state index in [1.165, 1.54) is 23.8 Å². The largest absolute Gasteiger partial charge is 0.465 e. The van der Waals surface area contributed by atoms with Crippen molar-refractivity contribution in [1.29, 1.82) is 10.5 Å². The summed E-state index contributed by atoms with van der Waals surface area (Å²) in [5.74, 6) is 0.237. The highest BCUT2D eigenvalue weighted by atomic mass is 35.5. The summed E-state index contributed by atoms with van der Waals surface area (Å²) in [5, 5.41) is 38.9. The van der Waals surface area contributed by atoms with Crippen LogP contribution in [0.3, 0.4) is 0 Å². The van der Waals surface area contributed by atoms with Gasteiger partial charge in [0.2, 0.25) is 5.95 Å². The molecule has 3 aromatic rings. The van der Waals surface area contributed by atoms with Crippen molar-refractivity contribution in [2.75, 3.05) is 42.2 Å². The van der Waals surface area contributed by atoms with Crippen LogP contribution >= 0.6 is 11.6 Å². The Morgan fingerprint density at radius 2 is 2.14 bits per heavy atom. The number of rotatable bonds is 6. The molecule has 13 nitrogen and oxygen atoms in total. The molecule has 1 aliphatic rings. The van der Waals surface area contributed by atoms with Crippen molar-refractivity contribution >= 4 is 52.3 Å². The van der Waals surface area contributed by atoms with Gasteiger partial charge in [-0.05, 0) is 25.5 Å². The summed E-state index contributed by atoms with van der Waals surface area (Å²) in [7, 11) is 1.36. The third-order valence-corrected chi connectivity index (χ3v) is 6.15. The van der Waals surface area contributed by atoms with Gasteiger partial charge in [-0.2, -0.15) is 20.0 Å². The molecule has 36 heavy (non-hydrogen) atoms. The van der Waals surface area contributed by atoms with E-state index >= 15 is 0 Å². The van der Waals surface area contributed by atoms with Gasteiger partial charge < -0.3 is 25.5 Å². The number of nitriles is 2. The van der Waals surface area contributed by atoms with Gasteiger partial charge in [-0.1, -0.05) is 11.6 Å². The predicted octanol–water partition coefficient (Wildman–Crippen LogP) is 2.45. The van der Waals surface area contributed by atoms with E-state index in [2.05, 4.69) is 31.8 Å². The van der Waals surface area contributed by atoms with E-state index in [0.29, 0.717) is 35.9 Å². The van der Waals surface area contributed by atoms with Crippen molar-refractivity contribution in [2.24, 2.45) is 0 Å². The first-order valence-corrected chi connectivity index (χ1v) is 11.3. The van der Waals surface area contributed by atoms with Crippen LogP contribution < -0.4 is 15.5 Å². The molecule has 1 saturated heterocycles. The van der Waals surface area contributed by atoms with Crippen LogP contribution in [0.4, 0.5) is 27.9 Å². The lowest BCUT2D eigenvalue weighted by atomic mass is 10.0. The highest BCUT2D eigenvalue weighted by Crippen LogP contribution is 2.37. The molecule has 14 heteroatoms. The number of carbonyl (C=O) groups is 2. The number of hydrogen-bond acceptors (Lipinski definition) is 10. The number of fused-ring (bicyclic) bond motifs is 1. The van der Waals surface area contributed by atoms with E-state index in [9.17, 15) is 25.2 Å². The van der Waals surface area contributed by atoms with Crippen molar-refractivity contribution in [1.82, 2.24) is 24.5 Å². The van der Waals surface area contributed by atoms with Crippen LogP contribution in [0.1, 0.15) is 24.6 Å². The van der Waals surface area contributed by atoms with Gasteiger partial charge in [-0.3, -0.25) is 4.79 Å². The van der Waals surface area contributed by atoms with Crippen LogP contribution in [0.2, 0.25) is 5.02 Å². The van der Waals surface area contributed by atoms with Crippen LogP contribution in [0, 0.1) is 22.7 Å². The smallest absolute Gasteiger partial charge is 0.407 e. The molecule has 1 amide bonds. The number of halogens is 1. The first-order valence-electron chi connectivity index (χ1n) is 10.9. The Morgan fingerprint density at radius 3 is 2.78 bits per heavy atom. The SMILES string of the molecule is CCNc1nc(Nc2cc(C#N)cc(N3CC[C@@H](N(C)C(=O)O)C(=O)C3)c2Cl)nn2c(C#N)cnc12. The molecule has 0 saturated carbocycles. The summed E-state index contributed by atoms with van der Waals surface area (Å²) in [4.78, 5) is 35.3. The van der Waals surface area contributed by atoms with Crippen LogP contribution in [0.5, 0.6) is 0 Å². The van der Waals surface area contributed by atoms with Gasteiger partial charge in [0.05, 0.1) is 46.8 Å². The van der Waals surface area contributed by atoms with E-state index in [-0.39, 0.29) is 41.0 Å². The zero-order valence-electron chi connectivity index (χ0n) is 19.4. The predicted molar refractivity (Wildman–Crippen MR) is 131 cm³/mol. The van der Waals surface area contributed by atoms with Gasteiger partial charge >= 0.3 is 6.09 Å². The molecule has 1 atom stereocenters. The molecule has 0 radical (unpaired) electrons. The van der Waals surface area contributed by atoms with Crippen molar-refractivity contribution in [3.63, 3.8) is 0 Å². The maximum absolute atomic E-state index is 12.7. The lowest BCUT2D eigenvalue weighted by molar-refractivity contribution is -0.123. The van der Waals surface area contributed by atoms with Crippen molar-refractivity contribution in [3.8, 4) is 12.1 Å². The molecule has 2 aromatic heterocycles. The molecule has 0 bridgehead atoms. The molecule has 0 aliphatic carbocycles. The van der Waals surface area contributed by atoms with Crippen LogP contribution in [0.25, 0.3) is 5.65 Å². The lowest BCUT2D eigenvalue weighted by Gasteiger charge is -2.36. The van der Waals surface area contributed by atoms with Crippen LogP contribution in [-0.2, 0) is 4.79 Å². The van der Waals surface area contributed by atoms with Gasteiger partial charge in [-0.25, -0.2) is 9.78 Å². The highest BCUT2D eigenvalue weighted by Gasteiger charge is 2.33. The summed E-state index contributed by atoms with van der Waals surface area (Å²) in [6, 6.07) is 6.45. The van der Waals surface area contributed by atoms with E-state index in [1.54, 1.807) is 11.0 Å². The number of carbonyl (C=O) groups excluding carboxylic acids is 1. The number of anilines is 4. The van der Waals surface area contributed by atoms with Crippen molar-refractivity contribution in [3.05, 3.63) is 34.6 Å². The number of likely N-dealkylation sites (N-methyl/N-ethyl adjacent to an activating group) is 1. The Balaban J connectivity index is 1.69. The number of imidazole rings is 1. The number of nitrogens with zero attached hydrogens (tertiary/aromatic N) is 8. The molecule has 1 aromatic carbocycles. The molecule has 184 valence electrons. The number of nitrogens with one attached hydrogen (secondary N) is 2. The molecule has 1 fully saturated rings. The van der Waals surface area contributed by atoms with Crippen LogP contribution in [0.15, 0.2) is 18.3 Å². The topological polar surface area (TPSA) is 176 Å². The number of ketones is 1. The third kappa shape index (κ3) is 4.52. The zero-order chi connectivity index (χ0) is 26.0. The standard InChI is InChI=1S/C22H21ClN10O3/c1-3-26-19-20-27-10-13(9-25)33(20)30-21(29-19)28-14-6-12(8-24)7-16(18(14)23)32-5-4-15(17(34)11-32)31(2)22(35)36/h6-7,10,15H,3-5,11H2,1-2H3,(H,35,36)(H2,26,28,29,30)/t15-/m1/s1. The second-order valence-corrected chi connectivity index (χ2v) is 8.36. The third-order valence-electron chi connectivity index (χ3n) is 5.75. The minimum atomic E-state index is -1.18. The average Bonchev–Trinajstić information content (AvgIpc) is 3.28. The molecular formula is C22H21ClN10O3. The molecule has 0 unspecified atom stereocenters. The molecule has 0 spiro atoms. The van der Waals surface area contributed by atoms with Crippen molar-refractivity contribution < 1.29 is 14.7 Å². The van der Waals surface area contributed by atoms with E-state index in [1.807, 2.05) is 13.0 Å². The Labute approximate surface area is 210 Å². The Morgan fingerprint density at radius 1 is 1.36 bits per heavy atom. The monoisotopic (exact) mass is 508 g/mol. The summed E-state index contributed by atoms with van der Waals surface area (Å²) in [5.41, 5.74) is 1.63. The number of piperidine rings is 1. The number of Topliss-reactive ketones (excluding diaryl/α,β-unsaturated/α-hetero) is 1. The fourth-order valence-electron chi connectivity index (χ4n) is 3.97. The van der Waals surface area contributed by atoms with E-state index in [0.717, 1.165) is 4.90 Å². The maximum Gasteiger partial charge on any atom is 0.407 e. The summed E-state index contributed by atoms with van der Waals surface area (Å²) in [6.07, 6.45) is 0.489. The van der Waals surface area contributed by atoms with Gasteiger partial charge in [0.1, 0.15) is 6.07 Å². The number of benzene rings is 1. The summed E-state index contributed by atoms with van der Waals surface area (Å²) < 4.78 is 1.35. The second kappa shape index (κ2) is 9.93. The fraction of sp³-hybridized carbons (Fsp3) is 0.318. The average molecular weight is 509 g/mol. The molecule has 3 heterocycles. The lowest BCUT2D eigenvalue weighted by Crippen LogP contribution is -2.52. The first-order chi connectivity index (χ1) is 17.3. The normalized spacial score (nSPS) is 15.3. The second-order valence-electron chi connectivity index (χ2n) is 7.98. The Hall–Kier alpha value is -4.62. The van der Waals surface area contributed by atoms with E-state index in [4.69, 9.17) is 11.6 Å². The fourth-order valence-corrected chi connectivity index (χ4v) is 4.25. The number of amides is 1. The Kier molecular flexibility index (Phi) is 6.76. The molecular weight excluding hydrogens is 488 g/mol. The van der Waals surface area contributed by atoms with Gasteiger partial charge in [0.15, 0.2) is 22.9 Å². The zero-order valence-corrected chi connectivity index (χ0v) is 20.1. The van der Waals surface area contributed by atoms with Crippen LogP contribution in [-0.4, -0.2) is 74.2 Å². The number of aromatic nitrogens is 4. The Bertz CT molecular complexity index is 1440. The van der Waals surface area contributed by atoms with Gasteiger partial charge in [0, 0.05) is 20.1 Å².